The van der Waals surface area contributed by atoms with E-state index in [0.29, 0.717) is 5.69 Å². The number of nitrogens with zero attached hydrogens (tertiary/aromatic N) is 1. The van der Waals surface area contributed by atoms with Crippen molar-refractivity contribution in [1.82, 2.24) is 0 Å². The molecule has 0 unspecified atom stereocenters. The molecule has 0 aliphatic heterocycles. The van der Waals surface area contributed by atoms with E-state index >= 15 is 0 Å². The highest BCUT2D eigenvalue weighted by molar-refractivity contribution is 9.10. The highest BCUT2D eigenvalue weighted by Crippen LogP contribution is 2.24. The second-order valence-electron chi connectivity index (χ2n) is 5.84. The van der Waals surface area contributed by atoms with Crippen molar-refractivity contribution < 1.29 is 9.59 Å². The van der Waals surface area contributed by atoms with Gasteiger partial charge in [0.15, 0.2) is 0 Å². The largest absolute Gasteiger partial charge is 0.324 e. The van der Waals surface area contributed by atoms with Crippen LogP contribution in [-0.2, 0) is 9.59 Å². The molecule has 0 radical (unpaired) electrons. The number of aryl methyl sites for hydroxylation is 2. The lowest BCUT2D eigenvalue weighted by atomic mass is 10.1. The highest BCUT2D eigenvalue weighted by atomic mass is 79.9. The van der Waals surface area contributed by atoms with Gasteiger partial charge in [-0.25, -0.2) is 0 Å². The van der Waals surface area contributed by atoms with Crippen LogP contribution >= 0.6 is 15.9 Å². The maximum Gasteiger partial charge on any atom is 0.244 e. The maximum atomic E-state index is 12.4. The minimum absolute atomic E-state index is 0.0227. The second-order valence-corrected chi connectivity index (χ2v) is 6.69. The Morgan fingerprint density at radius 3 is 2.42 bits per heavy atom. The minimum atomic E-state index is -0.234. The molecule has 0 bridgehead atoms. The summed E-state index contributed by atoms with van der Waals surface area (Å²) >= 11 is 3.45. The Kier molecular flexibility index (Phi) is 5.78. The fourth-order valence-corrected chi connectivity index (χ4v) is 2.79. The average Bonchev–Trinajstić information content (AvgIpc) is 2.51. The molecule has 0 aliphatic carbocycles. The number of hydrogen-bond donors (Lipinski definition) is 1. The standard InChI is InChI=1S/C19H21BrN2O2/c1-12-6-5-7-18(14(12)3)22(15(4)23)11-19(24)21-16-9-8-13(2)17(20)10-16/h5-10H,11H2,1-4H3,(H,21,24). The van der Waals surface area contributed by atoms with Crippen molar-refractivity contribution in [3.8, 4) is 0 Å². The van der Waals surface area contributed by atoms with Gasteiger partial charge in [0.05, 0.1) is 0 Å². The molecule has 1 N–H and O–H groups in total. The van der Waals surface area contributed by atoms with Crippen LogP contribution in [0.5, 0.6) is 0 Å². The van der Waals surface area contributed by atoms with Crippen LogP contribution in [0.15, 0.2) is 40.9 Å². The summed E-state index contributed by atoms with van der Waals surface area (Å²) in [6, 6.07) is 11.4. The molecule has 0 saturated carbocycles. The molecule has 2 aromatic rings. The Labute approximate surface area is 151 Å². The zero-order valence-electron chi connectivity index (χ0n) is 14.3. The Hall–Kier alpha value is -2.14. The van der Waals surface area contributed by atoms with E-state index in [9.17, 15) is 9.59 Å². The summed E-state index contributed by atoms with van der Waals surface area (Å²) < 4.78 is 0.929. The molecule has 2 amide bonds. The zero-order valence-corrected chi connectivity index (χ0v) is 15.9. The van der Waals surface area contributed by atoms with Crippen molar-refractivity contribution in [2.45, 2.75) is 27.7 Å². The van der Waals surface area contributed by atoms with E-state index in [1.165, 1.54) is 11.8 Å². The molecule has 0 fully saturated rings. The molecule has 0 heterocycles. The van der Waals surface area contributed by atoms with E-state index in [-0.39, 0.29) is 18.4 Å². The van der Waals surface area contributed by atoms with Gasteiger partial charge in [-0.3, -0.25) is 9.59 Å². The van der Waals surface area contributed by atoms with E-state index in [2.05, 4.69) is 21.2 Å². The third-order valence-corrected chi connectivity index (χ3v) is 4.86. The SMILES string of the molecule is CC(=O)N(CC(=O)Nc1ccc(C)c(Br)c1)c1cccc(C)c1C. The first kappa shape index (κ1) is 18.2. The van der Waals surface area contributed by atoms with Crippen LogP contribution < -0.4 is 10.2 Å². The van der Waals surface area contributed by atoms with Gasteiger partial charge in [-0.15, -0.1) is 0 Å². The van der Waals surface area contributed by atoms with Gasteiger partial charge in [0, 0.05) is 22.8 Å². The van der Waals surface area contributed by atoms with E-state index in [1.807, 2.05) is 57.2 Å². The Bertz CT molecular complexity index is 787. The Morgan fingerprint density at radius 1 is 1.08 bits per heavy atom. The molecule has 0 aliphatic rings. The van der Waals surface area contributed by atoms with Crippen LogP contribution in [0.2, 0.25) is 0 Å². The molecule has 5 heteroatoms. The van der Waals surface area contributed by atoms with Crippen molar-refractivity contribution in [2.24, 2.45) is 0 Å². The lowest BCUT2D eigenvalue weighted by molar-refractivity contribution is -0.120. The predicted molar refractivity (Wildman–Crippen MR) is 101 cm³/mol. The van der Waals surface area contributed by atoms with Gasteiger partial charge in [-0.1, -0.05) is 34.1 Å². The molecule has 2 rings (SSSR count). The number of benzene rings is 2. The number of rotatable bonds is 4. The number of nitrogens with one attached hydrogen (secondary N) is 1. The fraction of sp³-hybridized carbons (Fsp3) is 0.263. The van der Waals surface area contributed by atoms with Crippen LogP contribution in [0.1, 0.15) is 23.6 Å². The normalized spacial score (nSPS) is 10.4. The van der Waals surface area contributed by atoms with Gasteiger partial charge >= 0.3 is 0 Å². The molecule has 2 aromatic carbocycles. The van der Waals surface area contributed by atoms with E-state index in [0.717, 1.165) is 26.9 Å². The highest BCUT2D eigenvalue weighted by Gasteiger charge is 2.18. The molecule has 126 valence electrons. The molecule has 0 saturated heterocycles. The summed E-state index contributed by atoms with van der Waals surface area (Å²) in [6.45, 7) is 7.37. The number of hydrogen-bond acceptors (Lipinski definition) is 2. The molecular weight excluding hydrogens is 368 g/mol. The van der Waals surface area contributed by atoms with E-state index in [4.69, 9.17) is 0 Å². The van der Waals surface area contributed by atoms with E-state index in [1.54, 1.807) is 0 Å². The average molecular weight is 389 g/mol. The number of amides is 2. The van der Waals surface area contributed by atoms with Gasteiger partial charge in [0.1, 0.15) is 6.54 Å². The summed E-state index contributed by atoms with van der Waals surface area (Å²) in [5, 5.41) is 2.84. The van der Waals surface area contributed by atoms with Crippen molar-refractivity contribution in [2.75, 3.05) is 16.8 Å². The fourth-order valence-electron chi connectivity index (χ4n) is 2.41. The third-order valence-electron chi connectivity index (χ3n) is 4.00. The Morgan fingerprint density at radius 2 is 1.79 bits per heavy atom. The van der Waals surface area contributed by atoms with Crippen LogP contribution in [-0.4, -0.2) is 18.4 Å². The van der Waals surface area contributed by atoms with Gasteiger partial charge < -0.3 is 10.2 Å². The number of halogens is 1. The smallest absolute Gasteiger partial charge is 0.244 e. The summed E-state index contributed by atoms with van der Waals surface area (Å²) in [7, 11) is 0. The lowest BCUT2D eigenvalue weighted by Crippen LogP contribution is -2.37. The van der Waals surface area contributed by atoms with Gasteiger partial charge in [0.2, 0.25) is 11.8 Å². The van der Waals surface area contributed by atoms with Crippen molar-refractivity contribution in [3.05, 3.63) is 57.6 Å². The molecule has 0 spiro atoms. The van der Waals surface area contributed by atoms with Gasteiger partial charge in [-0.2, -0.15) is 0 Å². The summed E-state index contributed by atoms with van der Waals surface area (Å²) in [5.41, 5.74) is 4.64. The summed E-state index contributed by atoms with van der Waals surface area (Å²) in [4.78, 5) is 25.9. The summed E-state index contributed by atoms with van der Waals surface area (Å²) in [5.74, 6) is -0.397. The van der Waals surface area contributed by atoms with Crippen LogP contribution in [0.25, 0.3) is 0 Å². The van der Waals surface area contributed by atoms with Gasteiger partial charge in [0.25, 0.3) is 0 Å². The molecular formula is C19H21BrN2O2. The number of carbonyl (C=O) groups excluding carboxylic acids is 2. The van der Waals surface area contributed by atoms with Crippen LogP contribution in [0.3, 0.4) is 0 Å². The first-order chi connectivity index (χ1) is 11.3. The third kappa shape index (κ3) is 4.23. The molecule has 0 aromatic heterocycles. The first-order valence-electron chi connectivity index (χ1n) is 7.70. The van der Waals surface area contributed by atoms with Crippen molar-refractivity contribution in [3.63, 3.8) is 0 Å². The number of anilines is 2. The Balaban J connectivity index is 2.18. The topological polar surface area (TPSA) is 49.4 Å². The van der Waals surface area contributed by atoms with Gasteiger partial charge in [-0.05, 0) is 55.7 Å². The molecule has 4 nitrogen and oxygen atoms in total. The summed E-state index contributed by atoms with van der Waals surface area (Å²) in [6.07, 6.45) is 0. The maximum absolute atomic E-state index is 12.4. The van der Waals surface area contributed by atoms with Crippen LogP contribution in [0.4, 0.5) is 11.4 Å². The lowest BCUT2D eigenvalue weighted by Gasteiger charge is -2.23. The van der Waals surface area contributed by atoms with Crippen LogP contribution in [0, 0.1) is 20.8 Å². The molecule has 24 heavy (non-hydrogen) atoms. The quantitative estimate of drug-likeness (QED) is 0.845. The number of carbonyl (C=O) groups is 2. The monoisotopic (exact) mass is 388 g/mol. The first-order valence-corrected chi connectivity index (χ1v) is 8.49. The minimum Gasteiger partial charge on any atom is -0.324 e. The van der Waals surface area contributed by atoms with Crippen molar-refractivity contribution in [1.29, 1.82) is 0 Å². The predicted octanol–water partition coefficient (Wildman–Crippen LogP) is 4.37. The second kappa shape index (κ2) is 7.62. The van der Waals surface area contributed by atoms with E-state index < -0.39 is 0 Å². The zero-order chi connectivity index (χ0) is 17.9. The van der Waals surface area contributed by atoms with Crippen molar-refractivity contribution >= 4 is 39.1 Å². The molecule has 0 atom stereocenters.